The van der Waals surface area contributed by atoms with E-state index in [0.29, 0.717) is 18.7 Å². The number of nitrogen functional groups attached to an aromatic ring is 2. The van der Waals surface area contributed by atoms with Crippen molar-refractivity contribution in [2.24, 2.45) is 0 Å². The maximum Gasteiger partial charge on any atom is 0.418 e. The fraction of sp³-hybridized carbons (Fsp3) is 0.355. The van der Waals surface area contributed by atoms with E-state index in [1.165, 1.54) is 13.0 Å². The van der Waals surface area contributed by atoms with Crippen LogP contribution in [-0.4, -0.2) is 59.6 Å². The zero-order valence-electron chi connectivity index (χ0n) is 25.6. The normalized spacial score (nSPS) is 15.2. The van der Waals surface area contributed by atoms with Crippen molar-refractivity contribution >= 4 is 45.6 Å². The first-order valence-corrected chi connectivity index (χ1v) is 14.3. The Hall–Kier alpha value is -4.41. The van der Waals surface area contributed by atoms with Crippen LogP contribution in [0.15, 0.2) is 30.5 Å². The number of nitrogens with two attached hydrogens (primary N) is 2. The van der Waals surface area contributed by atoms with Crippen LogP contribution in [0.4, 0.5) is 40.7 Å². The number of aryl methyl sites for hydroxylation is 1. The van der Waals surface area contributed by atoms with Crippen LogP contribution in [0.2, 0.25) is 5.02 Å². The highest BCUT2D eigenvalue weighted by molar-refractivity contribution is 6.34. The Morgan fingerprint density at radius 2 is 1.82 bits per heavy atom. The summed E-state index contributed by atoms with van der Waals surface area (Å²) in [4.78, 5) is 18.3. The minimum atomic E-state index is -4.88. The topological polar surface area (TPSA) is 124 Å². The third-order valence-electron chi connectivity index (χ3n) is 8.69. The van der Waals surface area contributed by atoms with Crippen LogP contribution in [0.1, 0.15) is 42.1 Å². The number of pyridine rings is 3. The van der Waals surface area contributed by atoms with E-state index in [1.54, 1.807) is 30.3 Å². The minimum Gasteiger partial charge on any atom is -0.384 e. The number of aromatic nitrogens is 3. The summed E-state index contributed by atoms with van der Waals surface area (Å²) < 4.78 is 59.7. The zero-order valence-corrected chi connectivity index (χ0v) is 26.3. The van der Waals surface area contributed by atoms with Gasteiger partial charge in [-0.15, -0.1) is 0 Å². The van der Waals surface area contributed by atoms with Gasteiger partial charge >= 0.3 is 6.18 Å². The van der Waals surface area contributed by atoms with Gasteiger partial charge in [-0.1, -0.05) is 17.7 Å². The van der Waals surface area contributed by atoms with Crippen LogP contribution < -0.4 is 21.3 Å². The van der Waals surface area contributed by atoms with Gasteiger partial charge in [0.05, 0.1) is 39.1 Å². The molecule has 1 atom stereocenters. The zero-order chi connectivity index (χ0) is 33.2. The molecule has 1 saturated heterocycles. The predicted molar refractivity (Wildman–Crippen MR) is 169 cm³/mol. The molecule has 45 heavy (non-hydrogen) atoms. The van der Waals surface area contributed by atoms with E-state index in [2.05, 4.69) is 21.0 Å². The first-order valence-electron chi connectivity index (χ1n) is 14.0. The van der Waals surface area contributed by atoms with E-state index in [9.17, 15) is 18.4 Å². The van der Waals surface area contributed by atoms with Gasteiger partial charge in [-0.2, -0.15) is 18.4 Å². The smallest absolute Gasteiger partial charge is 0.384 e. The number of alkyl halides is 3. The fourth-order valence-corrected chi connectivity index (χ4v) is 6.13. The van der Waals surface area contributed by atoms with Gasteiger partial charge in [0.15, 0.2) is 5.82 Å². The lowest BCUT2D eigenvalue weighted by Crippen LogP contribution is -2.67. The van der Waals surface area contributed by atoms with Gasteiger partial charge < -0.3 is 26.2 Å². The predicted octanol–water partition coefficient (Wildman–Crippen LogP) is 6.19. The number of anilines is 4. The van der Waals surface area contributed by atoms with Crippen LogP contribution in [0, 0.1) is 24.1 Å². The standard InChI is InChI=1S/C31H32ClF4N9/c1-15-10-21(38)41-26(23(15)31(34,35)36)22-20(32)11-18-25(24(22)33)42-29(45-13-30(3,14-45)43(4)5)19(12-37)27(18)44(6)16(2)17-8-7-9-40-28(17)39/h7-11,16H,13-14H2,1-6H3,(H2,38,41)(H2,39,40)/t16-/m1/s1. The number of benzene rings is 1. The fourth-order valence-electron chi connectivity index (χ4n) is 5.85. The van der Waals surface area contributed by atoms with Crippen molar-refractivity contribution < 1.29 is 17.6 Å². The molecular weight excluding hydrogens is 610 g/mol. The third kappa shape index (κ3) is 5.32. The van der Waals surface area contributed by atoms with Crippen molar-refractivity contribution in [1.82, 2.24) is 19.9 Å². The highest BCUT2D eigenvalue weighted by Crippen LogP contribution is 2.47. The van der Waals surface area contributed by atoms with Gasteiger partial charge in [-0.25, -0.2) is 19.3 Å². The van der Waals surface area contributed by atoms with Crippen LogP contribution in [0.5, 0.6) is 0 Å². The summed E-state index contributed by atoms with van der Waals surface area (Å²) in [6, 6.07) is 7.67. The lowest BCUT2D eigenvalue weighted by Gasteiger charge is -2.52. The van der Waals surface area contributed by atoms with Crippen molar-refractivity contribution in [3.05, 3.63) is 63.6 Å². The number of nitriles is 1. The molecule has 0 unspecified atom stereocenters. The molecule has 236 valence electrons. The van der Waals surface area contributed by atoms with Crippen molar-refractivity contribution in [2.75, 3.05) is 55.5 Å². The number of fused-ring (bicyclic) bond motifs is 1. The maximum absolute atomic E-state index is 16.8. The molecule has 1 aliphatic rings. The summed E-state index contributed by atoms with van der Waals surface area (Å²) in [5.74, 6) is -0.887. The van der Waals surface area contributed by atoms with Gasteiger partial charge in [-0.3, -0.25) is 0 Å². The summed E-state index contributed by atoms with van der Waals surface area (Å²) in [5.41, 5.74) is 9.85. The van der Waals surface area contributed by atoms with Gasteiger partial charge in [0.1, 0.15) is 34.6 Å². The van der Waals surface area contributed by atoms with Gasteiger partial charge in [0, 0.05) is 37.3 Å². The monoisotopic (exact) mass is 641 g/mol. The molecule has 0 bridgehead atoms. The summed E-state index contributed by atoms with van der Waals surface area (Å²) in [6.07, 6.45) is -3.33. The molecule has 4 aromatic rings. The van der Waals surface area contributed by atoms with E-state index in [4.69, 9.17) is 23.1 Å². The van der Waals surface area contributed by atoms with Crippen molar-refractivity contribution in [1.29, 1.82) is 5.26 Å². The molecular formula is C31H32ClF4N9. The highest BCUT2D eigenvalue weighted by atomic mass is 35.5. The molecule has 4 N–H and O–H groups in total. The molecule has 0 saturated carbocycles. The molecule has 3 aromatic heterocycles. The molecule has 0 radical (unpaired) electrons. The van der Waals surface area contributed by atoms with Crippen LogP contribution in [0.25, 0.3) is 22.2 Å². The lowest BCUT2D eigenvalue weighted by atomic mass is 9.90. The second-order valence-corrected chi connectivity index (χ2v) is 12.2. The van der Waals surface area contributed by atoms with E-state index in [0.717, 1.165) is 6.07 Å². The maximum atomic E-state index is 16.8. The number of hydrogen-bond acceptors (Lipinski definition) is 9. The van der Waals surface area contributed by atoms with Crippen LogP contribution >= 0.6 is 11.6 Å². The summed E-state index contributed by atoms with van der Waals surface area (Å²) in [6.45, 7) is 6.04. The molecule has 1 aromatic carbocycles. The quantitative estimate of drug-likeness (QED) is 0.237. The average molecular weight is 642 g/mol. The first kappa shape index (κ1) is 32.0. The summed E-state index contributed by atoms with van der Waals surface area (Å²) >= 11 is 6.61. The lowest BCUT2D eigenvalue weighted by molar-refractivity contribution is -0.137. The Morgan fingerprint density at radius 1 is 1.16 bits per heavy atom. The molecule has 0 amide bonds. The largest absolute Gasteiger partial charge is 0.418 e. The Balaban J connectivity index is 1.84. The Labute approximate surface area is 263 Å². The molecule has 1 aliphatic heterocycles. The van der Waals surface area contributed by atoms with E-state index >= 15 is 4.39 Å². The van der Waals surface area contributed by atoms with Gasteiger partial charge in [0.2, 0.25) is 0 Å². The molecule has 5 rings (SSSR count). The molecule has 0 aliphatic carbocycles. The number of hydrogen-bond donors (Lipinski definition) is 2. The highest BCUT2D eigenvalue weighted by Gasteiger charge is 2.43. The van der Waals surface area contributed by atoms with Gasteiger partial charge in [-0.05, 0) is 58.6 Å². The summed E-state index contributed by atoms with van der Waals surface area (Å²) in [5, 5.41) is 10.3. The van der Waals surface area contributed by atoms with E-state index in [-0.39, 0.29) is 55.7 Å². The molecule has 0 spiro atoms. The van der Waals surface area contributed by atoms with E-state index < -0.39 is 34.9 Å². The Bertz CT molecular complexity index is 1860. The van der Waals surface area contributed by atoms with Crippen LogP contribution in [0.3, 0.4) is 0 Å². The van der Waals surface area contributed by atoms with Crippen molar-refractivity contribution in [3.63, 3.8) is 0 Å². The third-order valence-corrected chi connectivity index (χ3v) is 8.99. The average Bonchev–Trinajstić information content (AvgIpc) is 2.93. The number of nitrogens with zero attached hydrogens (tertiary/aromatic N) is 7. The van der Waals surface area contributed by atoms with Gasteiger partial charge in [0.25, 0.3) is 0 Å². The van der Waals surface area contributed by atoms with Crippen molar-refractivity contribution in [3.8, 4) is 17.3 Å². The molecule has 4 heterocycles. The van der Waals surface area contributed by atoms with Crippen LogP contribution in [-0.2, 0) is 6.18 Å². The summed E-state index contributed by atoms with van der Waals surface area (Å²) in [7, 11) is 5.57. The molecule has 1 fully saturated rings. The minimum absolute atomic E-state index is 0.128. The number of halogens is 5. The Kier molecular flexibility index (Phi) is 7.96. The second kappa shape index (κ2) is 11.2. The Morgan fingerprint density at radius 3 is 2.40 bits per heavy atom. The second-order valence-electron chi connectivity index (χ2n) is 11.8. The SMILES string of the molecule is Cc1cc(N)nc(-c2c(Cl)cc3c(N(C)[C@H](C)c4cccnc4N)c(C#N)c(N4CC(C)(N(C)C)C4)nc3c2F)c1C(F)(F)F. The van der Waals surface area contributed by atoms with E-state index in [1.807, 2.05) is 37.7 Å². The number of rotatable bonds is 6. The first-order chi connectivity index (χ1) is 21.0. The molecule has 9 nitrogen and oxygen atoms in total. The molecule has 14 heteroatoms. The number of likely N-dealkylation sites (N-methyl/N-ethyl adjacent to an activating group) is 1. The van der Waals surface area contributed by atoms with Crippen molar-refractivity contribution in [2.45, 2.75) is 38.5 Å².